The normalized spacial score (nSPS) is 9.25. The molecule has 0 saturated heterocycles. The molecule has 0 atom stereocenters. The molecule has 0 bridgehead atoms. The summed E-state index contributed by atoms with van der Waals surface area (Å²) < 4.78 is 6.91. The fourth-order valence-electron chi connectivity index (χ4n) is 0.377. The van der Waals surface area contributed by atoms with Crippen LogP contribution in [0.1, 0.15) is 1.37 Å². The van der Waals surface area contributed by atoms with Crippen LogP contribution in [0.5, 0.6) is 5.75 Å². The van der Waals surface area contributed by atoms with E-state index in [-0.39, 0.29) is 41.3 Å². The Hall–Kier alpha value is 0.0200. The van der Waals surface area contributed by atoms with E-state index in [1.165, 1.54) is 12.1 Å². The molecule has 0 aliphatic heterocycles. The number of benzene rings is 1. The zero-order valence-electron chi connectivity index (χ0n) is 5.72. The molecule has 0 aromatic heterocycles. The third-order valence-electron chi connectivity index (χ3n) is 0.681. The van der Waals surface area contributed by atoms with Gasteiger partial charge in [0.1, 0.15) is 0 Å². The van der Waals surface area contributed by atoms with Crippen LogP contribution in [0.3, 0.4) is 0 Å². The van der Waals surface area contributed by atoms with Gasteiger partial charge in [0.15, 0.2) is 0 Å². The summed E-state index contributed by atoms with van der Waals surface area (Å²) in [5.74, 6) is -0.215. The quantitative estimate of drug-likeness (QED) is 0.352. The summed E-state index contributed by atoms with van der Waals surface area (Å²) in [5.41, 5.74) is 0. The van der Waals surface area contributed by atoms with Gasteiger partial charge in [-0.1, -0.05) is 30.3 Å². The summed E-state index contributed by atoms with van der Waals surface area (Å²) >= 11 is 0. The Morgan fingerprint density at radius 3 is 2.50 bits per heavy atom. The minimum atomic E-state index is -0.215. The molecule has 0 N–H and O–H groups in total. The van der Waals surface area contributed by atoms with Crippen LogP contribution in [-0.4, -0.2) is 0 Å². The van der Waals surface area contributed by atoms with Gasteiger partial charge in [0.25, 0.3) is 0 Å². The summed E-state index contributed by atoms with van der Waals surface area (Å²) in [6, 6.07) is 6.21. The van der Waals surface area contributed by atoms with Crippen molar-refractivity contribution in [3.05, 3.63) is 30.3 Å². The van der Waals surface area contributed by atoms with Crippen LogP contribution in [0.15, 0.2) is 30.3 Å². The van der Waals surface area contributed by atoms with Crippen LogP contribution in [-0.2, 0) is 0 Å². The van der Waals surface area contributed by atoms with Crippen LogP contribution in [0.4, 0.5) is 0 Å². The van der Waals surface area contributed by atoms with E-state index >= 15 is 0 Å². The third-order valence-corrected chi connectivity index (χ3v) is 0.681. The second-order valence-corrected chi connectivity index (χ2v) is 1.23. The van der Waals surface area contributed by atoms with E-state index in [0.717, 1.165) is 0 Å². The number of rotatable bonds is 0. The molecule has 0 unspecified atom stereocenters. The van der Waals surface area contributed by atoms with Crippen molar-refractivity contribution in [1.82, 2.24) is 0 Å². The molecule has 8 heavy (non-hydrogen) atoms. The van der Waals surface area contributed by atoms with Crippen molar-refractivity contribution in [3.8, 4) is 5.75 Å². The number of para-hydroxylation sites is 1. The predicted molar refractivity (Wildman–Crippen MR) is 25.9 cm³/mol. The molecule has 0 aliphatic carbocycles. The predicted octanol–water partition coefficient (Wildman–Crippen LogP) is -2.24. The van der Waals surface area contributed by atoms with Crippen molar-refractivity contribution in [3.63, 3.8) is 0 Å². The number of hydrogen-bond donors (Lipinski definition) is 0. The first kappa shape index (κ1) is 6.14. The van der Waals surface area contributed by atoms with Gasteiger partial charge < -0.3 is 5.11 Å². The minimum Gasteiger partial charge on any atom is -0.872 e. The van der Waals surface area contributed by atoms with Crippen LogP contribution in [0, 0.1) is 0 Å². The largest absolute Gasteiger partial charge is 1.00 e. The number of hydrogen-bond acceptors (Lipinski definition) is 1. The van der Waals surface area contributed by atoms with E-state index in [1.54, 1.807) is 12.1 Å². The van der Waals surface area contributed by atoms with Crippen molar-refractivity contribution in [2.24, 2.45) is 0 Å². The molecule has 0 fully saturated rings. The van der Waals surface area contributed by atoms with E-state index in [0.29, 0.717) is 0 Å². The van der Waals surface area contributed by atoms with E-state index < -0.39 is 0 Å². The van der Waals surface area contributed by atoms with Gasteiger partial charge in [-0.2, -0.15) is 0 Å². The molecule has 0 spiro atoms. The Morgan fingerprint density at radius 2 is 2.12 bits per heavy atom. The second kappa shape index (κ2) is 3.96. The van der Waals surface area contributed by atoms with Crippen molar-refractivity contribution < 1.29 is 36.0 Å². The zero-order chi connectivity index (χ0) is 5.98. The summed E-state index contributed by atoms with van der Waals surface area (Å²) in [4.78, 5) is 0. The molecule has 0 aliphatic rings. The Balaban J connectivity index is 0.000000640. The van der Waals surface area contributed by atoms with E-state index in [4.69, 9.17) is 1.37 Å². The monoisotopic (exact) mass is 117 g/mol. The van der Waals surface area contributed by atoms with Gasteiger partial charge in [-0.3, -0.25) is 0 Å². The fourth-order valence-corrected chi connectivity index (χ4v) is 0.377. The third kappa shape index (κ3) is 2.36. The molecule has 0 saturated carbocycles. The van der Waals surface area contributed by atoms with Gasteiger partial charge in [0.2, 0.25) is 0 Å². The van der Waals surface area contributed by atoms with Gasteiger partial charge in [0, 0.05) is 0 Å². The van der Waals surface area contributed by atoms with Crippen LogP contribution >= 0.6 is 0 Å². The van der Waals surface area contributed by atoms with Crippen LogP contribution in [0.2, 0.25) is 0 Å². The minimum absolute atomic E-state index is 0. The molecule has 1 rings (SSSR count). The average molecular weight is 117 g/mol. The van der Waals surface area contributed by atoms with Crippen molar-refractivity contribution in [2.45, 2.75) is 0 Å². The molecular formula is C6H5NaO. The molecule has 1 aromatic carbocycles. The standard InChI is InChI=1S/C6H6O.Na/c7-6-4-2-1-3-5-6;/h1-5,7H;/q;+1/p-1/i4D;. The van der Waals surface area contributed by atoms with Crippen molar-refractivity contribution in [1.29, 1.82) is 0 Å². The Bertz CT molecular complexity index is 169. The van der Waals surface area contributed by atoms with Crippen LogP contribution < -0.4 is 34.7 Å². The van der Waals surface area contributed by atoms with Gasteiger partial charge in [-0.05, 0) is 0 Å². The molecule has 2 heteroatoms. The molecule has 36 valence electrons. The molecule has 0 radical (unpaired) electrons. The SMILES string of the molecule is [2H]c1ccccc1[O-].[Na+]. The van der Waals surface area contributed by atoms with Crippen molar-refractivity contribution in [2.75, 3.05) is 0 Å². The Kier molecular flexibility index (Phi) is 3.04. The van der Waals surface area contributed by atoms with Gasteiger partial charge >= 0.3 is 29.6 Å². The maximum Gasteiger partial charge on any atom is 1.00 e. The van der Waals surface area contributed by atoms with Gasteiger partial charge in [0.05, 0.1) is 1.37 Å². The maximum absolute atomic E-state index is 10.4. The van der Waals surface area contributed by atoms with Crippen LogP contribution in [0.25, 0.3) is 0 Å². The van der Waals surface area contributed by atoms with E-state index in [2.05, 4.69) is 0 Å². The Morgan fingerprint density at radius 1 is 1.38 bits per heavy atom. The van der Waals surface area contributed by atoms with Crippen molar-refractivity contribution >= 4 is 0 Å². The summed E-state index contributed by atoms with van der Waals surface area (Å²) in [6.45, 7) is 0. The topological polar surface area (TPSA) is 23.1 Å². The van der Waals surface area contributed by atoms with Gasteiger partial charge in [-0.15, -0.1) is 5.75 Å². The molecule has 1 aromatic rings. The second-order valence-electron chi connectivity index (χ2n) is 1.23. The smallest absolute Gasteiger partial charge is 0.872 e. The first-order chi connectivity index (χ1) is 3.80. The Labute approximate surface area is 72.0 Å². The fraction of sp³-hybridized carbons (Fsp3) is 0. The first-order valence-corrected chi connectivity index (χ1v) is 2.03. The molecule has 0 heterocycles. The maximum atomic E-state index is 10.4. The summed E-state index contributed by atoms with van der Waals surface area (Å²) in [6.07, 6.45) is 0. The summed E-state index contributed by atoms with van der Waals surface area (Å²) in [7, 11) is 0. The zero-order valence-corrected chi connectivity index (χ0v) is 6.72. The molecule has 1 nitrogen and oxygen atoms in total. The van der Waals surface area contributed by atoms with E-state index in [1.807, 2.05) is 0 Å². The summed E-state index contributed by atoms with van der Waals surface area (Å²) in [5, 5.41) is 10.4. The van der Waals surface area contributed by atoms with E-state index in [9.17, 15) is 5.11 Å². The average Bonchev–Trinajstić information content (AvgIpc) is 1.77. The molecular weight excluding hydrogens is 111 g/mol. The molecule has 0 amide bonds. The van der Waals surface area contributed by atoms with Gasteiger partial charge in [-0.25, -0.2) is 0 Å². The first-order valence-electron chi connectivity index (χ1n) is 2.53.